The van der Waals surface area contributed by atoms with Crippen LogP contribution in [0.5, 0.6) is 0 Å². The van der Waals surface area contributed by atoms with Crippen molar-refractivity contribution in [1.82, 2.24) is 15.0 Å². The molecule has 2 amide bonds. The molecule has 1 saturated heterocycles. The molecule has 0 aliphatic carbocycles. The van der Waals surface area contributed by atoms with Gasteiger partial charge in [-0.1, -0.05) is 19.0 Å². The van der Waals surface area contributed by atoms with Crippen molar-refractivity contribution >= 4 is 11.8 Å². The van der Waals surface area contributed by atoms with Crippen molar-refractivity contribution in [2.24, 2.45) is 11.8 Å². The number of nitrogens with zero attached hydrogens (tertiary/aromatic N) is 3. The van der Waals surface area contributed by atoms with Gasteiger partial charge in [-0.25, -0.2) is 0 Å². The van der Waals surface area contributed by atoms with Gasteiger partial charge in [-0.3, -0.25) is 9.59 Å². The lowest BCUT2D eigenvalue weighted by Gasteiger charge is -2.21. The summed E-state index contributed by atoms with van der Waals surface area (Å²) in [6.45, 7) is 7.61. The number of aryl methyl sites for hydroxylation is 1. The Balaban J connectivity index is 1.92. The Morgan fingerprint density at radius 2 is 2.29 bits per heavy atom. The lowest BCUT2D eigenvalue weighted by Crippen LogP contribution is -2.35. The Morgan fingerprint density at radius 1 is 1.57 bits per heavy atom. The Morgan fingerprint density at radius 3 is 2.86 bits per heavy atom. The van der Waals surface area contributed by atoms with E-state index in [1.807, 2.05) is 13.0 Å². The molecule has 0 aromatic carbocycles. The summed E-state index contributed by atoms with van der Waals surface area (Å²) in [6, 6.07) is 1.81. The summed E-state index contributed by atoms with van der Waals surface area (Å²) in [5, 5.41) is 3.89. The monoisotopic (exact) mass is 293 g/mol. The van der Waals surface area contributed by atoms with E-state index in [0.717, 1.165) is 18.0 Å². The number of carbonyl (C=O) groups is 2. The van der Waals surface area contributed by atoms with Crippen LogP contribution < -0.4 is 0 Å². The first kappa shape index (κ1) is 15.5. The third-order valence-electron chi connectivity index (χ3n) is 3.60. The normalized spacial score (nSPS) is 18.6. The van der Waals surface area contributed by atoms with Crippen LogP contribution in [0.4, 0.5) is 0 Å². The van der Waals surface area contributed by atoms with Crippen LogP contribution >= 0.6 is 0 Å². The number of likely N-dealkylation sites (tertiary alicyclic amines) is 1. The highest BCUT2D eigenvalue weighted by molar-refractivity contribution is 5.89. The Bertz CT molecular complexity index is 524. The molecule has 0 saturated carbocycles. The van der Waals surface area contributed by atoms with Gasteiger partial charge in [-0.05, 0) is 12.8 Å². The quantitative estimate of drug-likeness (QED) is 0.824. The lowest BCUT2D eigenvalue weighted by molar-refractivity contribution is -0.135. The summed E-state index contributed by atoms with van der Waals surface area (Å²) in [5.74, 6) is 0.973. The van der Waals surface area contributed by atoms with E-state index in [9.17, 15) is 9.59 Å². The lowest BCUT2D eigenvalue weighted by atomic mass is 10.1. The predicted molar refractivity (Wildman–Crippen MR) is 77.2 cm³/mol. The second-order valence-electron chi connectivity index (χ2n) is 6.22. The third kappa shape index (κ3) is 3.83. The summed E-state index contributed by atoms with van der Waals surface area (Å²) in [7, 11) is 1.74. The molecule has 0 radical (unpaired) electrons. The highest BCUT2D eigenvalue weighted by Crippen LogP contribution is 2.21. The minimum Gasteiger partial charge on any atom is -0.361 e. The molecule has 1 atom stereocenters. The van der Waals surface area contributed by atoms with Gasteiger partial charge in [-0.2, -0.15) is 0 Å². The van der Waals surface area contributed by atoms with E-state index >= 15 is 0 Å². The van der Waals surface area contributed by atoms with E-state index < -0.39 is 0 Å². The van der Waals surface area contributed by atoms with E-state index in [-0.39, 0.29) is 17.7 Å². The molecule has 2 rings (SSSR count). The maximum atomic E-state index is 12.4. The molecule has 6 heteroatoms. The maximum Gasteiger partial charge on any atom is 0.228 e. The SMILES string of the molecule is Cc1cc(CN(C)C(=O)[C@H]2CC(=O)N(CC(C)C)C2)no1. The van der Waals surface area contributed by atoms with Crippen molar-refractivity contribution in [3.05, 3.63) is 17.5 Å². The predicted octanol–water partition coefficient (Wildman–Crippen LogP) is 1.45. The molecular weight excluding hydrogens is 270 g/mol. The molecule has 6 nitrogen and oxygen atoms in total. The standard InChI is InChI=1S/C15H23N3O3/c1-10(2)7-18-8-12(6-14(18)19)15(20)17(4)9-13-5-11(3)21-16-13/h5,10,12H,6-9H2,1-4H3/t12-/m0/s1. The molecule has 1 aliphatic rings. The van der Waals surface area contributed by atoms with Gasteiger partial charge >= 0.3 is 0 Å². The highest BCUT2D eigenvalue weighted by atomic mass is 16.5. The highest BCUT2D eigenvalue weighted by Gasteiger charge is 2.35. The summed E-state index contributed by atoms with van der Waals surface area (Å²) in [5.41, 5.74) is 0.728. The van der Waals surface area contributed by atoms with Gasteiger partial charge in [0.15, 0.2) is 0 Å². The largest absolute Gasteiger partial charge is 0.361 e. The number of aromatic nitrogens is 1. The summed E-state index contributed by atoms with van der Waals surface area (Å²) in [6.07, 6.45) is 0.313. The molecule has 21 heavy (non-hydrogen) atoms. The van der Waals surface area contributed by atoms with Crippen molar-refractivity contribution in [1.29, 1.82) is 0 Å². The Labute approximate surface area is 125 Å². The number of carbonyl (C=O) groups excluding carboxylic acids is 2. The maximum absolute atomic E-state index is 12.4. The number of amides is 2. The van der Waals surface area contributed by atoms with Crippen molar-refractivity contribution in [2.75, 3.05) is 20.1 Å². The van der Waals surface area contributed by atoms with Crippen molar-refractivity contribution in [3.8, 4) is 0 Å². The van der Waals surface area contributed by atoms with Crippen molar-refractivity contribution in [2.45, 2.75) is 33.7 Å². The van der Waals surface area contributed by atoms with E-state index in [1.54, 1.807) is 16.8 Å². The van der Waals surface area contributed by atoms with Crippen LogP contribution in [0.15, 0.2) is 10.6 Å². The molecule has 0 N–H and O–H groups in total. The van der Waals surface area contributed by atoms with Gasteiger partial charge in [0.1, 0.15) is 11.5 Å². The molecule has 0 bridgehead atoms. The third-order valence-corrected chi connectivity index (χ3v) is 3.60. The number of rotatable bonds is 5. The van der Waals surface area contributed by atoms with Gasteiger partial charge in [0, 0.05) is 32.6 Å². The molecule has 1 aromatic heterocycles. The smallest absolute Gasteiger partial charge is 0.228 e. The van der Waals surface area contributed by atoms with Crippen LogP contribution in [0.2, 0.25) is 0 Å². The fourth-order valence-electron chi connectivity index (χ4n) is 2.68. The van der Waals surface area contributed by atoms with E-state index in [0.29, 0.717) is 25.4 Å². The van der Waals surface area contributed by atoms with E-state index in [2.05, 4.69) is 19.0 Å². The fraction of sp³-hybridized carbons (Fsp3) is 0.667. The van der Waals surface area contributed by atoms with Crippen molar-refractivity contribution < 1.29 is 14.1 Å². The van der Waals surface area contributed by atoms with E-state index in [1.165, 1.54) is 0 Å². The minimum absolute atomic E-state index is 0.00439. The van der Waals surface area contributed by atoms with E-state index in [4.69, 9.17) is 4.52 Å². The Hall–Kier alpha value is -1.85. The summed E-state index contributed by atoms with van der Waals surface area (Å²) < 4.78 is 5.00. The topological polar surface area (TPSA) is 66.7 Å². The van der Waals surface area contributed by atoms with Crippen molar-refractivity contribution in [3.63, 3.8) is 0 Å². The number of hydrogen-bond donors (Lipinski definition) is 0. The molecule has 116 valence electrons. The van der Waals surface area contributed by atoms with Crippen LogP contribution in [0.3, 0.4) is 0 Å². The van der Waals surface area contributed by atoms with Gasteiger partial charge < -0.3 is 14.3 Å². The second-order valence-corrected chi connectivity index (χ2v) is 6.22. The molecule has 1 aromatic rings. The fourth-order valence-corrected chi connectivity index (χ4v) is 2.68. The zero-order chi connectivity index (χ0) is 15.6. The molecule has 0 unspecified atom stereocenters. The zero-order valence-corrected chi connectivity index (χ0v) is 13.1. The van der Waals surface area contributed by atoms with Crippen LogP contribution in [-0.2, 0) is 16.1 Å². The first-order chi connectivity index (χ1) is 9.86. The first-order valence-electron chi connectivity index (χ1n) is 7.31. The summed E-state index contributed by atoms with van der Waals surface area (Å²) in [4.78, 5) is 27.8. The average molecular weight is 293 g/mol. The first-order valence-corrected chi connectivity index (χ1v) is 7.31. The number of hydrogen-bond acceptors (Lipinski definition) is 4. The van der Waals surface area contributed by atoms with Gasteiger partial charge in [0.05, 0.1) is 12.5 Å². The zero-order valence-electron chi connectivity index (χ0n) is 13.1. The van der Waals surface area contributed by atoms with Crippen LogP contribution in [0.25, 0.3) is 0 Å². The van der Waals surface area contributed by atoms with Crippen LogP contribution in [-0.4, -0.2) is 46.9 Å². The molecule has 1 fully saturated rings. The van der Waals surface area contributed by atoms with Gasteiger partial charge in [0.2, 0.25) is 11.8 Å². The molecule has 2 heterocycles. The van der Waals surface area contributed by atoms with Gasteiger partial charge in [0.25, 0.3) is 0 Å². The van der Waals surface area contributed by atoms with Crippen LogP contribution in [0.1, 0.15) is 31.7 Å². The second kappa shape index (κ2) is 6.28. The Kier molecular flexibility index (Phi) is 4.65. The summed E-state index contributed by atoms with van der Waals surface area (Å²) >= 11 is 0. The minimum atomic E-state index is -0.241. The molecule has 1 aliphatic heterocycles. The van der Waals surface area contributed by atoms with Gasteiger partial charge in [-0.15, -0.1) is 0 Å². The molecular formula is C15H23N3O3. The van der Waals surface area contributed by atoms with Crippen LogP contribution in [0, 0.1) is 18.8 Å². The molecule has 0 spiro atoms. The average Bonchev–Trinajstić information content (AvgIpc) is 2.95.